The third kappa shape index (κ3) is 1.22. The maximum atomic E-state index is 11.4. The molecule has 1 aliphatic heterocycles. The molecule has 1 saturated heterocycles. The van der Waals surface area contributed by atoms with Crippen molar-refractivity contribution in [3.63, 3.8) is 0 Å². The normalized spacial score (nSPS) is 35.7. The highest BCUT2D eigenvalue weighted by Crippen LogP contribution is 2.43. The van der Waals surface area contributed by atoms with Crippen LogP contribution in [0.1, 0.15) is 26.2 Å². The highest BCUT2D eigenvalue weighted by molar-refractivity contribution is 5.81. The molecule has 3 nitrogen and oxygen atoms in total. The van der Waals surface area contributed by atoms with Gasteiger partial charge in [-0.2, -0.15) is 0 Å². The van der Waals surface area contributed by atoms with Gasteiger partial charge in [-0.1, -0.05) is 0 Å². The van der Waals surface area contributed by atoms with E-state index >= 15 is 0 Å². The van der Waals surface area contributed by atoms with Crippen LogP contribution in [-0.2, 0) is 4.79 Å². The Bertz CT molecular complexity index is 203. The minimum absolute atomic E-state index is 0.0813. The predicted molar refractivity (Wildman–Crippen MR) is 44.5 cm³/mol. The minimum atomic E-state index is -0.815. The first-order valence-corrected chi connectivity index (χ1v) is 4.68. The van der Waals surface area contributed by atoms with Crippen molar-refractivity contribution in [1.82, 2.24) is 4.90 Å². The lowest BCUT2D eigenvalue weighted by Gasteiger charge is -2.27. The van der Waals surface area contributed by atoms with Crippen LogP contribution in [0.25, 0.3) is 0 Å². The quantitative estimate of drug-likeness (QED) is 0.616. The number of amides is 1. The van der Waals surface area contributed by atoms with Gasteiger partial charge in [0, 0.05) is 12.6 Å². The third-order valence-electron chi connectivity index (χ3n) is 2.90. The summed E-state index contributed by atoms with van der Waals surface area (Å²) in [6.45, 7) is 2.40. The van der Waals surface area contributed by atoms with E-state index in [0.29, 0.717) is 6.04 Å². The monoisotopic (exact) mass is 169 g/mol. The number of nitrogens with zero attached hydrogens (tertiary/aromatic N) is 1. The molecule has 12 heavy (non-hydrogen) atoms. The van der Waals surface area contributed by atoms with E-state index in [1.807, 2.05) is 4.90 Å². The molecule has 0 aromatic carbocycles. The first-order chi connectivity index (χ1) is 5.70. The summed E-state index contributed by atoms with van der Waals surface area (Å²) < 4.78 is 0. The minimum Gasteiger partial charge on any atom is -0.384 e. The van der Waals surface area contributed by atoms with Gasteiger partial charge >= 0.3 is 0 Å². The lowest BCUT2D eigenvalue weighted by atomic mass is 10.1. The van der Waals surface area contributed by atoms with Crippen molar-refractivity contribution in [2.75, 3.05) is 6.54 Å². The van der Waals surface area contributed by atoms with Crippen LogP contribution in [0, 0.1) is 5.92 Å². The molecule has 2 aliphatic rings. The van der Waals surface area contributed by atoms with Gasteiger partial charge in [0.25, 0.3) is 5.91 Å². The van der Waals surface area contributed by atoms with Crippen LogP contribution >= 0.6 is 0 Å². The Kier molecular flexibility index (Phi) is 1.83. The first kappa shape index (κ1) is 8.05. The molecule has 0 bridgehead atoms. The molecule has 0 aromatic rings. The van der Waals surface area contributed by atoms with E-state index < -0.39 is 6.10 Å². The van der Waals surface area contributed by atoms with Crippen molar-refractivity contribution < 1.29 is 9.90 Å². The Morgan fingerprint density at radius 1 is 1.67 bits per heavy atom. The number of carbonyl (C=O) groups is 1. The maximum absolute atomic E-state index is 11.4. The lowest BCUT2D eigenvalue weighted by molar-refractivity contribution is -0.140. The molecule has 2 fully saturated rings. The molecular weight excluding hydrogens is 154 g/mol. The van der Waals surface area contributed by atoms with E-state index in [1.54, 1.807) is 6.92 Å². The molecule has 68 valence electrons. The fourth-order valence-electron chi connectivity index (χ4n) is 2.13. The second-order valence-electron chi connectivity index (χ2n) is 3.91. The van der Waals surface area contributed by atoms with E-state index in [0.717, 1.165) is 18.9 Å². The standard InChI is InChI=1S/C9H15NO2/c1-6(11)9(12)10-4-2-3-7-5-8(7)10/h6-8,11H,2-5H2,1H3/t6-,7+,8-/m0/s1. The molecule has 1 aliphatic carbocycles. The van der Waals surface area contributed by atoms with Gasteiger partial charge in [-0.3, -0.25) is 4.79 Å². The Morgan fingerprint density at radius 2 is 2.42 bits per heavy atom. The molecule has 1 amide bonds. The van der Waals surface area contributed by atoms with Gasteiger partial charge in [0.05, 0.1) is 0 Å². The van der Waals surface area contributed by atoms with Crippen LogP contribution < -0.4 is 0 Å². The van der Waals surface area contributed by atoms with E-state index in [4.69, 9.17) is 5.11 Å². The molecule has 0 spiro atoms. The number of hydrogen-bond donors (Lipinski definition) is 1. The lowest BCUT2D eigenvalue weighted by Crippen LogP contribution is -2.42. The molecule has 0 unspecified atom stereocenters. The van der Waals surface area contributed by atoms with Crippen LogP contribution in [0.5, 0.6) is 0 Å². The second kappa shape index (κ2) is 2.73. The molecule has 0 radical (unpaired) electrons. The smallest absolute Gasteiger partial charge is 0.251 e. The third-order valence-corrected chi connectivity index (χ3v) is 2.90. The Labute approximate surface area is 72.4 Å². The number of aliphatic hydroxyl groups is 1. The largest absolute Gasteiger partial charge is 0.384 e. The van der Waals surface area contributed by atoms with Gasteiger partial charge in [0.2, 0.25) is 0 Å². The fraction of sp³-hybridized carbons (Fsp3) is 0.889. The summed E-state index contributed by atoms with van der Waals surface area (Å²) in [7, 11) is 0. The fourth-order valence-corrected chi connectivity index (χ4v) is 2.13. The number of hydrogen-bond acceptors (Lipinski definition) is 2. The average molecular weight is 169 g/mol. The molecule has 2 rings (SSSR count). The zero-order valence-corrected chi connectivity index (χ0v) is 7.36. The number of likely N-dealkylation sites (tertiary alicyclic amines) is 1. The number of rotatable bonds is 1. The highest BCUT2D eigenvalue weighted by atomic mass is 16.3. The van der Waals surface area contributed by atoms with Crippen LogP contribution in [0.15, 0.2) is 0 Å². The van der Waals surface area contributed by atoms with Gasteiger partial charge in [0.1, 0.15) is 6.10 Å². The summed E-state index contributed by atoms with van der Waals surface area (Å²) in [5.74, 6) is 0.670. The second-order valence-corrected chi connectivity index (χ2v) is 3.91. The molecular formula is C9H15NO2. The summed E-state index contributed by atoms with van der Waals surface area (Å²) >= 11 is 0. The molecule has 1 heterocycles. The van der Waals surface area contributed by atoms with Crippen molar-refractivity contribution in [3.05, 3.63) is 0 Å². The molecule has 3 heteroatoms. The van der Waals surface area contributed by atoms with Gasteiger partial charge in [-0.15, -0.1) is 0 Å². The zero-order chi connectivity index (χ0) is 8.72. The maximum Gasteiger partial charge on any atom is 0.251 e. The topological polar surface area (TPSA) is 40.5 Å². The molecule has 0 aromatic heterocycles. The predicted octanol–water partition coefficient (Wildman–Crippen LogP) is 0.378. The van der Waals surface area contributed by atoms with Gasteiger partial charge in [0.15, 0.2) is 0 Å². The molecule has 1 saturated carbocycles. The van der Waals surface area contributed by atoms with E-state index in [9.17, 15) is 4.79 Å². The van der Waals surface area contributed by atoms with E-state index in [2.05, 4.69) is 0 Å². The van der Waals surface area contributed by atoms with Crippen molar-refractivity contribution >= 4 is 5.91 Å². The average Bonchev–Trinajstić information content (AvgIpc) is 2.80. The summed E-state index contributed by atoms with van der Waals surface area (Å²) in [5, 5.41) is 9.12. The number of aliphatic hydroxyl groups excluding tert-OH is 1. The number of carbonyl (C=O) groups excluding carboxylic acids is 1. The zero-order valence-electron chi connectivity index (χ0n) is 7.36. The summed E-state index contributed by atoms with van der Waals surface area (Å²) in [5.41, 5.74) is 0. The first-order valence-electron chi connectivity index (χ1n) is 4.68. The van der Waals surface area contributed by atoms with Crippen LogP contribution in [-0.4, -0.2) is 34.6 Å². The van der Waals surface area contributed by atoms with Gasteiger partial charge in [-0.25, -0.2) is 0 Å². The summed E-state index contributed by atoms with van der Waals surface area (Å²) in [6.07, 6.45) is 2.73. The summed E-state index contributed by atoms with van der Waals surface area (Å²) in [6, 6.07) is 0.473. The van der Waals surface area contributed by atoms with Crippen molar-refractivity contribution in [3.8, 4) is 0 Å². The van der Waals surface area contributed by atoms with Crippen LogP contribution in [0.4, 0.5) is 0 Å². The number of fused-ring (bicyclic) bond motifs is 1. The number of piperidine rings is 1. The van der Waals surface area contributed by atoms with Crippen molar-refractivity contribution in [2.24, 2.45) is 5.92 Å². The van der Waals surface area contributed by atoms with E-state index in [-0.39, 0.29) is 5.91 Å². The highest BCUT2D eigenvalue weighted by Gasteiger charge is 2.46. The Morgan fingerprint density at radius 3 is 3.08 bits per heavy atom. The Hall–Kier alpha value is -0.570. The Balaban J connectivity index is 1.99. The van der Waals surface area contributed by atoms with Gasteiger partial charge in [-0.05, 0) is 32.1 Å². The van der Waals surface area contributed by atoms with E-state index in [1.165, 1.54) is 12.8 Å². The van der Waals surface area contributed by atoms with Crippen LogP contribution in [0.3, 0.4) is 0 Å². The van der Waals surface area contributed by atoms with Crippen molar-refractivity contribution in [2.45, 2.75) is 38.3 Å². The van der Waals surface area contributed by atoms with Gasteiger partial charge < -0.3 is 10.0 Å². The van der Waals surface area contributed by atoms with Crippen LogP contribution in [0.2, 0.25) is 0 Å². The molecule has 1 N–H and O–H groups in total. The summed E-state index contributed by atoms with van der Waals surface area (Å²) in [4.78, 5) is 13.3. The van der Waals surface area contributed by atoms with Crippen molar-refractivity contribution in [1.29, 1.82) is 0 Å². The SMILES string of the molecule is C[C@H](O)C(=O)N1CCC[C@@H]2C[C@@H]21. The molecule has 3 atom stereocenters.